The van der Waals surface area contributed by atoms with Crippen molar-refractivity contribution in [3.63, 3.8) is 0 Å². The Morgan fingerprint density at radius 1 is 0.841 bits per heavy atom. The van der Waals surface area contributed by atoms with Crippen molar-refractivity contribution in [1.82, 2.24) is 0 Å². The Bertz CT molecular complexity index is 1190. The maximum Gasteiger partial charge on any atom is 0.186 e. The quantitative estimate of drug-likeness (QED) is 0.238. The molecule has 2 aliphatic heterocycles. The minimum absolute atomic E-state index is 0.0582. The molecule has 8 heteroatoms. The van der Waals surface area contributed by atoms with Gasteiger partial charge in [0.15, 0.2) is 6.29 Å². The van der Waals surface area contributed by atoms with Crippen LogP contribution in [-0.4, -0.2) is 87.3 Å². The molecular weight excluding hydrogens is 560 g/mol. The van der Waals surface area contributed by atoms with Crippen LogP contribution >= 0.6 is 0 Å². The van der Waals surface area contributed by atoms with E-state index in [-0.39, 0.29) is 63.3 Å². The van der Waals surface area contributed by atoms with Crippen molar-refractivity contribution in [2.45, 2.75) is 148 Å². The predicted octanol–water partition coefficient (Wildman–Crippen LogP) is 3.95. The fourth-order valence-corrected chi connectivity index (χ4v) is 12.8. The van der Waals surface area contributed by atoms with E-state index in [0.717, 1.165) is 44.9 Å². The Morgan fingerprint density at radius 3 is 2.27 bits per heavy atom. The fourth-order valence-electron chi connectivity index (χ4n) is 12.8. The van der Waals surface area contributed by atoms with E-state index in [1.165, 1.54) is 0 Å². The molecule has 5 aliphatic carbocycles. The first-order valence-electron chi connectivity index (χ1n) is 17.4. The zero-order valence-electron chi connectivity index (χ0n) is 28.0. The number of aliphatic hydroxyl groups excluding tert-OH is 5. The van der Waals surface area contributed by atoms with Crippen LogP contribution in [0.1, 0.15) is 99.8 Å². The van der Waals surface area contributed by atoms with Gasteiger partial charge in [-0.2, -0.15) is 0 Å². The van der Waals surface area contributed by atoms with Gasteiger partial charge >= 0.3 is 0 Å². The van der Waals surface area contributed by atoms with Crippen LogP contribution in [0.25, 0.3) is 0 Å². The fraction of sp³-hybridized carbons (Fsp3) is 0.944. The number of fused-ring (bicyclic) bond motifs is 4. The van der Waals surface area contributed by atoms with Crippen molar-refractivity contribution in [3.8, 4) is 0 Å². The minimum atomic E-state index is -1.37. The molecule has 16 atom stereocenters. The molecule has 7 aliphatic rings. The molecule has 0 unspecified atom stereocenters. The van der Waals surface area contributed by atoms with Gasteiger partial charge in [-0.1, -0.05) is 53.7 Å². The molecule has 6 fully saturated rings. The van der Waals surface area contributed by atoms with E-state index >= 15 is 0 Å². The van der Waals surface area contributed by atoms with Crippen molar-refractivity contribution in [1.29, 1.82) is 0 Å². The molecule has 44 heavy (non-hydrogen) atoms. The highest BCUT2D eigenvalue weighted by Gasteiger charge is 2.79. The van der Waals surface area contributed by atoms with E-state index < -0.39 is 36.1 Å². The molecule has 7 rings (SSSR count). The molecule has 0 aromatic rings. The lowest BCUT2D eigenvalue weighted by molar-refractivity contribution is -0.329. The maximum absolute atomic E-state index is 12.0. The standard InChI is InChI=1S/C36H58O8/c1-20-26(39)27(40)28(41)29(43-20)44-25-10-11-31(4)21(32(25,5)18-37)8-12-33(6)22(31)9-13-36-23-16-30(2,3)14-15-35(23,19-42-36)24(38)17-34(33,36)7/h9,13,20-29,37-41H,8,10-12,14-19H2,1-7H3/t20-,21-,22-,23-,24-,25-,26+,27+,28-,29+,31+,32-,33-,34+,35-,36+/m1/s1. The largest absolute Gasteiger partial charge is 0.396 e. The van der Waals surface area contributed by atoms with Crippen LogP contribution in [0.15, 0.2) is 12.2 Å². The Hall–Kier alpha value is -0.580. The third kappa shape index (κ3) is 3.75. The average Bonchev–Trinajstić information content (AvgIpc) is 3.24. The molecule has 0 amide bonds. The van der Waals surface area contributed by atoms with Gasteiger partial charge in [0.1, 0.15) is 18.3 Å². The van der Waals surface area contributed by atoms with Gasteiger partial charge in [0.2, 0.25) is 0 Å². The molecule has 5 N–H and O–H groups in total. The van der Waals surface area contributed by atoms with Crippen LogP contribution in [0.4, 0.5) is 0 Å². The number of hydrogen-bond acceptors (Lipinski definition) is 8. The molecule has 2 heterocycles. The summed E-state index contributed by atoms with van der Waals surface area (Å²) in [7, 11) is 0. The Morgan fingerprint density at radius 2 is 1.57 bits per heavy atom. The summed E-state index contributed by atoms with van der Waals surface area (Å²) in [5.41, 5.74) is -1.36. The smallest absolute Gasteiger partial charge is 0.186 e. The molecule has 250 valence electrons. The maximum atomic E-state index is 12.0. The lowest BCUT2D eigenvalue weighted by Crippen LogP contribution is -2.72. The van der Waals surface area contributed by atoms with Crippen molar-refractivity contribution in [3.05, 3.63) is 12.2 Å². The molecule has 2 saturated heterocycles. The van der Waals surface area contributed by atoms with Crippen LogP contribution in [0.5, 0.6) is 0 Å². The lowest BCUT2D eigenvalue weighted by atomic mass is 9.32. The van der Waals surface area contributed by atoms with Gasteiger partial charge < -0.3 is 39.7 Å². The second-order valence-electron chi connectivity index (χ2n) is 18.1. The molecular formula is C36H58O8. The van der Waals surface area contributed by atoms with Crippen molar-refractivity contribution in [2.24, 2.45) is 50.2 Å². The second-order valence-corrected chi connectivity index (χ2v) is 18.1. The highest BCUT2D eigenvalue weighted by molar-refractivity contribution is 5.36. The van der Waals surface area contributed by atoms with Gasteiger partial charge in [-0.25, -0.2) is 0 Å². The van der Waals surface area contributed by atoms with Gasteiger partial charge in [-0.05, 0) is 86.4 Å². The predicted molar refractivity (Wildman–Crippen MR) is 164 cm³/mol. The van der Waals surface area contributed by atoms with Gasteiger partial charge in [0.05, 0.1) is 37.1 Å². The van der Waals surface area contributed by atoms with Crippen molar-refractivity contribution in [2.75, 3.05) is 13.2 Å². The van der Waals surface area contributed by atoms with Crippen LogP contribution in [0.3, 0.4) is 0 Å². The van der Waals surface area contributed by atoms with E-state index in [1.54, 1.807) is 6.92 Å². The summed E-state index contributed by atoms with van der Waals surface area (Å²) in [6.45, 7) is 16.4. The monoisotopic (exact) mass is 618 g/mol. The molecule has 1 spiro atoms. The van der Waals surface area contributed by atoms with Gasteiger partial charge in [-0.3, -0.25) is 0 Å². The second kappa shape index (κ2) is 9.74. The third-order valence-electron chi connectivity index (χ3n) is 15.8. The lowest BCUT2D eigenvalue weighted by Gasteiger charge is -2.73. The zero-order chi connectivity index (χ0) is 31.9. The van der Waals surface area contributed by atoms with Crippen molar-refractivity contribution < 1.29 is 39.7 Å². The summed E-state index contributed by atoms with van der Waals surface area (Å²) in [4.78, 5) is 0. The average molecular weight is 619 g/mol. The number of ether oxygens (including phenoxy) is 3. The SMILES string of the molecule is C[C@H]1O[C@@H](O[C@@H]2CC[C@@]3(C)[C@@H](CC[C@]4(C)[C@@H]3C=C[C@]35OC[C@@]6(CCC(C)(C)C[C@H]63)[C@H](O)C[C@]54C)[C@@]2(C)CO)[C@H](O)[C@@H](O)[C@H]1O. The number of aliphatic hydroxyl groups is 5. The van der Waals surface area contributed by atoms with Crippen LogP contribution in [0, 0.1) is 50.2 Å². The van der Waals surface area contributed by atoms with Gasteiger partial charge in [0.25, 0.3) is 0 Å². The minimum Gasteiger partial charge on any atom is -0.396 e. The first kappa shape index (κ1) is 32.0. The molecule has 4 saturated carbocycles. The highest BCUT2D eigenvalue weighted by atomic mass is 16.7. The topological polar surface area (TPSA) is 129 Å². The Labute approximate surface area is 263 Å². The number of allylic oxidation sites excluding steroid dienone is 1. The Balaban J connectivity index is 1.23. The van der Waals surface area contributed by atoms with E-state index in [0.29, 0.717) is 18.9 Å². The Kier molecular flexibility index (Phi) is 7.08. The summed E-state index contributed by atoms with van der Waals surface area (Å²) in [5, 5.41) is 54.4. The summed E-state index contributed by atoms with van der Waals surface area (Å²) in [5.74, 6) is 0.695. The first-order chi connectivity index (χ1) is 20.4. The van der Waals surface area contributed by atoms with Crippen molar-refractivity contribution >= 4 is 0 Å². The molecule has 0 radical (unpaired) electrons. The summed E-state index contributed by atoms with van der Waals surface area (Å²) in [6.07, 6.45) is 5.98. The zero-order valence-corrected chi connectivity index (χ0v) is 28.0. The van der Waals surface area contributed by atoms with Gasteiger partial charge in [-0.15, -0.1) is 0 Å². The molecule has 0 aromatic heterocycles. The molecule has 8 nitrogen and oxygen atoms in total. The van der Waals surface area contributed by atoms with Crippen LogP contribution in [-0.2, 0) is 14.2 Å². The van der Waals surface area contributed by atoms with Gasteiger partial charge in [0, 0.05) is 22.2 Å². The van der Waals surface area contributed by atoms with E-state index in [2.05, 4.69) is 53.7 Å². The van der Waals surface area contributed by atoms with E-state index in [1.807, 2.05) is 0 Å². The molecule has 0 aromatic carbocycles. The van der Waals surface area contributed by atoms with E-state index in [9.17, 15) is 25.5 Å². The molecule has 2 bridgehead atoms. The third-order valence-corrected chi connectivity index (χ3v) is 15.8. The highest BCUT2D eigenvalue weighted by Crippen LogP contribution is 2.79. The summed E-state index contributed by atoms with van der Waals surface area (Å²) < 4.78 is 19.4. The normalized spacial score (nSPS) is 61.0. The van der Waals surface area contributed by atoms with Crippen LogP contribution < -0.4 is 0 Å². The van der Waals surface area contributed by atoms with Crippen LogP contribution in [0.2, 0.25) is 0 Å². The number of hydrogen-bond donors (Lipinski definition) is 5. The van der Waals surface area contributed by atoms with E-state index in [4.69, 9.17) is 14.2 Å². The summed E-state index contributed by atoms with van der Waals surface area (Å²) in [6, 6.07) is 0. The number of rotatable bonds is 3. The summed E-state index contributed by atoms with van der Waals surface area (Å²) >= 11 is 0. The first-order valence-corrected chi connectivity index (χ1v) is 17.4.